The van der Waals surface area contributed by atoms with E-state index in [4.69, 9.17) is 0 Å². The van der Waals surface area contributed by atoms with Crippen LogP contribution in [0, 0.1) is 5.92 Å². The molecule has 2 aromatic rings. The minimum Gasteiger partial charge on any atom is -0.353 e. The molecule has 28 heavy (non-hydrogen) atoms. The van der Waals surface area contributed by atoms with Crippen LogP contribution >= 0.6 is 12.4 Å². The first kappa shape index (κ1) is 22.2. The third-order valence-corrected chi connectivity index (χ3v) is 5.13. The molecule has 2 amide bonds. The molecule has 152 valence electrons. The highest BCUT2D eigenvalue weighted by atomic mass is 35.5. The van der Waals surface area contributed by atoms with E-state index < -0.39 is 6.04 Å². The molecule has 0 saturated carbocycles. The van der Waals surface area contributed by atoms with E-state index in [0.717, 1.165) is 35.7 Å². The van der Waals surface area contributed by atoms with Crippen LogP contribution in [0.5, 0.6) is 0 Å². The van der Waals surface area contributed by atoms with Crippen LogP contribution in [0.25, 0.3) is 10.8 Å². The van der Waals surface area contributed by atoms with Gasteiger partial charge in [-0.25, -0.2) is 0 Å². The summed E-state index contributed by atoms with van der Waals surface area (Å²) in [5.41, 5.74) is 0.948. The van der Waals surface area contributed by atoms with Crippen LogP contribution in [0.15, 0.2) is 42.5 Å². The highest BCUT2D eigenvalue weighted by Gasteiger charge is 2.25. The molecule has 0 aromatic heterocycles. The fraction of sp³-hybridized carbons (Fsp3) is 0.455. The van der Waals surface area contributed by atoms with Crippen molar-refractivity contribution >= 4 is 35.0 Å². The van der Waals surface area contributed by atoms with Crippen molar-refractivity contribution in [2.45, 2.75) is 45.2 Å². The van der Waals surface area contributed by atoms with E-state index in [0.29, 0.717) is 12.6 Å². The Morgan fingerprint density at radius 2 is 1.89 bits per heavy atom. The molecule has 5 nitrogen and oxygen atoms in total. The van der Waals surface area contributed by atoms with Crippen molar-refractivity contribution in [3.63, 3.8) is 0 Å². The second kappa shape index (κ2) is 10.4. The third-order valence-electron chi connectivity index (χ3n) is 5.13. The Hall–Kier alpha value is -2.11. The largest absolute Gasteiger partial charge is 0.353 e. The zero-order valence-electron chi connectivity index (χ0n) is 16.5. The molecule has 3 N–H and O–H groups in total. The smallest absolute Gasteiger partial charge is 0.242 e. The van der Waals surface area contributed by atoms with Gasteiger partial charge in [0.15, 0.2) is 0 Å². The number of halogens is 1. The molecule has 1 aliphatic heterocycles. The Bertz CT molecular complexity index is 803. The van der Waals surface area contributed by atoms with Gasteiger partial charge in [-0.1, -0.05) is 56.3 Å². The van der Waals surface area contributed by atoms with Crippen LogP contribution in [0.4, 0.5) is 0 Å². The lowest BCUT2D eigenvalue weighted by Gasteiger charge is -2.23. The number of hydrogen-bond donors (Lipinski definition) is 3. The number of carbonyl (C=O) groups is 2. The van der Waals surface area contributed by atoms with E-state index in [9.17, 15) is 9.59 Å². The minimum atomic E-state index is -0.514. The van der Waals surface area contributed by atoms with Gasteiger partial charge in [0.05, 0.1) is 6.42 Å². The van der Waals surface area contributed by atoms with Crippen molar-refractivity contribution in [1.82, 2.24) is 16.0 Å². The lowest BCUT2D eigenvalue weighted by Crippen LogP contribution is -2.52. The summed E-state index contributed by atoms with van der Waals surface area (Å²) in [6, 6.07) is 13.9. The number of benzene rings is 2. The fourth-order valence-electron chi connectivity index (χ4n) is 3.56. The van der Waals surface area contributed by atoms with E-state index in [1.54, 1.807) is 0 Å². The Labute approximate surface area is 173 Å². The molecule has 0 spiro atoms. The lowest BCUT2D eigenvalue weighted by atomic mass is 10.0. The number of hydrogen-bond acceptors (Lipinski definition) is 3. The molecule has 0 radical (unpaired) electrons. The van der Waals surface area contributed by atoms with Crippen LogP contribution in [0.1, 0.15) is 32.3 Å². The minimum absolute atomic E-state index is 0. The highest BCUT2D eigenvalue weighted by molar-refractivity contribution is 5.89. The molecule has 1 heterocycles. The summed E-state index contributed by atoms with van der Waals surface area (Å²) >= 11 is 0. The molecule has 3 rings (SSSR count). The predicted octanol–water partition coefficient (Wildman–Crippen LogP) is 2.81. The van der Waals surface area contributed by atoms with Crippen LogP contribution < -0.4 is 16.0 Å². The normalized spacial score (nSPS) is 17.2. The second-order valence-electron chi connectivity index (χ2n) is 7.69. The zero-order chi connectivity index (χ0) is 19.2. The summed E-state index contributed by atoms with van der Waals surface area (Å²) < 4.78 is 0. The van der Waals surface area contributed by atoms with Crippen molar-refractivity contribution in [3.8, 4) is 0 Å². The first-order chi connectivity index (χ1) is 13.0. The molecular weight excluding hydrogens is 374 g/mol. The van der Waals surface area contributed by atoms with Crippen LogP contribution in [0.3, 0.4) is 0 Å². The Balaban J connectivity index is 0.00000280. The first-order valence-corrected chi connectivity index (χ1v) is 9.81. The van der Waals surface area contributed by atoms with E-state index in [2.05, 4.69) is 22.0 Å². The fourth-order valence-corrected chi connectivity index (χ4v) is 3.56. The van der Waals surface area contributed by atoms with Crippen LogP contribution in [-0.4, -0.2) is 37.0 Å². The summed E-state index contributed by atoms with van der Waals surface area (Å²) in [4.78, 5) is 25.1. The molecule has 6 heteroatoms. The van der Waals surface area contributed by atoms with E-state index >= 15 is 0 Å². The summed E-state index contributed by atoms with van der Waals surface area (Å²) in [7, 11) is 0. The molecule has 2 aromatic carbocycles. The van der Waals surface area contributed by atoms with Gasteiger partial charge in [0.1, 0.15) is 6.04 Å². The lowest BCUT2D eigenvalue weighted by molar-refractivity contribution is -0.129. The van der Waals surface area contributed by atoms with Crippen LogP contribution in [-0.2, 0) is 16.0 Å². The van der Waals surface area contributed by atoms with Crippen molar-refractivity contribution in [2.75, 3.05) is 13.1 Å². The number of amides is 2. The Kier molecular flexibility index (Phi) is 8.27. The molecule has 2 unspecified atom stereocenters. The maximum atomic E-state index is 12.6. The quantitative estimate of drug-likeness (QED) is 0.665. The van der Waals surface area contributed by atoms with Crippen molar-refractivity contribution < 1.29 is 9.59 Å². The SMILES string of the molecule is CC(C)C(NC(=O)Cc1ccc2ccccc2c1)C(=O)NCC1CCCN1.Cl. The summed E-state index contributed by atoms with van der Waals surface area (Å²) in [6.45, 7) is 5.53. The number of nitrogens with one attached hydrogen (secondary N) is 3. The van der Waals surface area contributed by atoms with Gasteiger partial charge in [0.2, 0.25) is 11.8 Å². The van der Waals surface area contributed by atoms with Gasteiger partial charge in [0, 0.05) is 12.6 Å². The number of rotatable bonds is 7. The zero-order valence-corrected chi connectivity index (χ0v) is 17.4. The Morgan fingerprint density at radius 1 is 1.14 bits per heavy atom. The van der Waals surface area contributed by atoms with Gasteiger partial charge in [-0.15, -0.1) is 12.4 Å². The molecule has 2 atom stereocenters. The van der Waals surface area contributed by atoms with E-state index in [1.807, 2.05) is 50.2 Å². The second-order valence-corrected chi connectivity index (χ2v) is 7.69. The van der Waals surface area contributed by atoms with Gasteiger partial charge in [-0.3, -0.25) is 9.59 Å². The van der Waals surface area contributed by atoms with Gasteiger partial charge >= 0.3 is 0 Å². The van der Waals surface area contributed by atoms with Crippen molar-refractivity contribution in [3.05, 3.63) is 48.0 Å². The third kappa shape index (κ3) is 5.94. The average Bonchev–Trinajstić information content (AvgIpc) is 3.17. The molecule has 1 saturated heterocycles. The summed E-state index contributed by atoms with van der Waals surface area (Å²) in [5, 5.41) is 11.5. The standard InChI is InChI=1S/C22H29N3O2.ClH/c1-15(2)21(22(27)24-14-19-8-5-11-23-19)25-20(26)13-16-9-10-17-6-3-4-7-18(17)12-16;/h3-4,6-7,9-10,12,15,19,21,23H,5,8,11,13-14H2,1-2H3,(H,24,27)(H,25,26);1H. The van der Waals surface area contributed by atoms with E-state index in [1.165, 1.54) is 0 Å². The molecule has 1 fully saturated rings. The molecular formula is C22H30ClN3O2. The topological polar surface area (TPSA) is 70.2 Å². The van der Waals surface area contributed by atoms with E-state index in [-0.39, 0.29) is 36.6 Å². The molecule has 0 bridgehead atoms. The maximum Gasteiger partial charge on any atom is 0.242 e. The first-order valence-electron chi connectivity index (χ1n) is 9.81. The molecule has 1 aliphatic rings. The number of carbonyl (C=O) groups excluding carboxylic acids is 2. The highest BCUT2D eigenvalue weighted by Crippen LogP contribution is 2.16. The van der Waals surface area contributed by atoms with Crippen molar-refractivity contribution in [2.24, 2.45) is 5.92 Å². The number of fused-ring (bicyclic) bond motifs is 1. The summed E-state index contributed by atoms with van der Waals surface area (Å²) in [6.07, 6.45) is 2.50. The molecule has 0 aliphatic carbocycles. The van der Waals surface area contributed by atoms with Gasteiger partial charge < -0.3 is 16.0 Å². The van der Waals surface area contributed by atoms with Crippen LogP contribution in [0.2, 0.25) is 0 Å². The van der Waals surface area contributed by atoms with Gasteiger partial charge in [-0.05, 0) is 41.6 Å². The van der Waals surface area contributed by atoms with Crippen molar-refractivity contribution in [1.29, 1.82) is 0 Å². The average molecular weight is 404 g/mol. The van der Waals surface area contributed by atoms with Gasteiger partial charge in [-0.2, -0.15) is 0 Å². The Morgan fingerprint density at radius 3 is 2.57 bits per heavy atom. The summed E-state index contributed by atoms with van der Waals surface area (Å²) in [5.74, 6) is -0.203. The maximum absolute atomic E-state index is 12.6. The van der Waals surface area contributed by atoms with Gasteiger partial charge in [0.25, 0.3) is 0 Å². The monoisotopic (exact) mass is 403 g/mol. The predicted molar refractivity (Wildman–Crippen MR) is 116 cm³/mol.